The van der Waals surface area contributed by atoms with Gasteiger partial charge < -0.3 is 24.5 Å². The number of anilines is 1. The van der Waals surface area contributed by atoms with Gasteiger partial charge in [-0.15, -0.1) is 0 Å². The molecule has 2 aromatic carbocycles. The van der Waals surface area contributed by atoms with E-state index in [1.165, 1.54) is 19.1 Å². The number of aliphatic hydroxyl groups excluding tert-OH is 1. The lowest BCUT2D eigenvalue weighted by Crippen LogP contribution is -2.50. The first kappa shape index (κ1) is 18.9. The standard InChI is InChI=1S/C21H22N4O4/c1-21(11-26)18(27)17(20-23-15-6-4-5-7-16(15)24-20)19(22)25(21)12-8-13(28-2)10-14(9-12)29-3/h4-10,17,22,26H,11H2,1-3H3,(H,23,24). The average molecular weight is 394 g/mol. The van der Waals surface area contributed by atoms with Crippen LogP contribution in [-0.4, -0.2) is 53.1 Å². The van der Waals surface area contributed by atoms with Crippen LogP contribution in [0.3, 0.4) is 0 Å². The number of amidine groups is 1. The van der Waals surface area contributed by atoms with Crippen LogP contribution in [0.25, 0.3) is 11.0 Å². The van der Waals surface area contributed by atoms with E-state index in [1.807, 2.05) is 24.3 Å². The fourth-order valence-electron chi connectivity index (χ4n) is 3.80. The summed E-state index contributed by atoms with van der Waals surface area (Å²) >= 11 is 0. The van der Waals surface area contributed by atoms with Crippen LogP contribution < -0.4 is 14.4 Å². The van der Waals surface area contributed by atoms with Gasteiger partial charge in [0.25, 0.3) is 0 Å². The number of para-hydroxylation sites is 2. The minimum atomic E-state index is -1.32. The number of carbonyl (C=O) groups is 1. The number of Topliss-reactive ketones (excluding diaryl/α,β-unsaturated/α-hetero) is 1. The lowest BCUT2D eigenvalue weighted by molar-refractivity contribution is -0.123. The van der Waals surface area contributed by atoms with Crippen molar-refractivity contribution in [1.82, 2.24) is 9.97 Å². The summed E-state index contributed by atoms with van der Waals surface area (Å²) in [7, 11) is 3.06. The molecule has 0 spiro atoms. The molecular weight excluding hydrogens is 372 g/mol. The third kappa shape index (κ3) is 2.84. The molecule has 2 atom stereocenters. The Morgan fingerprint density at radius 3 is 2.45 bits per heavy atom. The number of H-pyrrole nitrogens is 1. The molecule has 0 saturated carbocycles. The van der Waals surface area contributed by atoms with Gasteiger partial charge in [0.15, 0.2) is 5.78 Å². The van der Waals surface area contributed by atoms with Gasteiger partial charge in [0, 0.05) is 18.2 Å². The van der Waals surface area contributed by atoms with E-state index in [0.717, 1.165) is 11.0 Å². The smallest absolute Gasteiger partial charge is 0.178 e. The number of aliphatic hydroxyl groups is 1. The van der Waals surface area contributed by atoms with E-state index in [1.54, 1.807) is 25.1 Å². The Labute approximate surface area is 167 Å². The maximum Gasteiger partial charge on any atom is 0.178 e. The highest BCUT2D eigenvalue weighted by molar-refractivity contribution is 6.26. The molecule has 0 amide bonds. The Morgan fingerprint density at radius 1 is 1.21 bits per heavy atom. The summed E-state index contributed by atoms with van der Waals surface area (Å²) in [6, 6.07) is 12.6. The quantitative estimate of drug-likeness (QED) is 0.613. The van der Waals surface area contributed by atoms with Gasteiger partial charge in [-0.05, 0) is 19.1 Å². The first-order valence-corrected chi connectivity index (χ1v) is 9.14. The highest BCUT2D eigenvalue weighted by atomic mass is 16.5. The maximum atomic E-state index is 13.4. The highest BCUT2D eigenvalue weighted by Crippen LogP contribution is 2.42. The predicted octanol–water partition coefficient (Wildman–Crippen LogP) is 2.48. The number of ether oxygens (including phenoxy) is 2. The molecule has 4 rings (SSSR count). The van der Waals surface area contributed by atoms with Crippen molar-refractivity contribution in [1.29, 1.82) is 5.41 Å². The molecule has 3 N–H and O–H groups in total. The Balaban J connectivity index is 1.84. The van der Waals surface area contributed by atoms with Crippen LogP contribution in [0.4, 0.5) is 5.69 Å². The normalized spacial score (nSPS) is 21.8. The van der Waals surface area contributed by atoms with Crippen molar-refractivity contribution in [2.45, 2.75) is 18.4 Å². The lowest BCUT2D eigenvalue weighted by atomic mass is 9.92. The molecule has 1 saturated heterocycles. The number of hydrogen-bond acceptors (Lipinski definition) is 6. The fourth-order valence-corrected chi connectivity index (χ4v) is 3.80. The van der Waals surface area contributed by atoms with E-state index < -0.39 is 18.1 Å². The molecule has 1 aliphatic heterocycles. The van der Waals surface area contributed by atoms with Gasteiger partial charge in [-0.3, -0.25) is 10.2 Å². The molecule has 0 bridgehead atoms. The van der Waals surface area contributed by atoms with Crippen molar-refractivity contribution in [3.8, 4) is 11.5 Å². The number of methoxy groups -OCH3 is 2. The molecular formula is C21H22N4O4. The summed E-state index contributed by atoms with van der Waals surface area (Å²) in [6.45, 7) is 1.17. The van der Waals surface area contributed by atoms with Crippen molar-refractivity contribution < 1.29 is 19.4 Å². The van der Waals surface area contributed by atoms with Crippen molar-refractivity contribution in [3.63, 3.8) is 0 Å². The number of carbonyl (C=O) groups excluding carboxylic acids is 1. The Bertz CT molecular complexity index is 1050. The summed E-state index contributed by atoms with van der Waals surface area (Å²) in [5.74, 6) is 0.237. The molecule has 1 fully saturated rings. The zero-order valence-electron chi connectivity index (χ0n) is 16.4. The van der Waals surface area contributed by atoms with Gasteiger partial charge in [0.1, 0.15) is 34.6 Å². The lowest BCUT2D eigenvalue weighted by Gasteiger charge is -2.33. The maximum absolute atomic E-state index is 13.4. The van der Waals surface area contributed by atoms with E-state index in [9.17, 15) is 9.90 Å². The van der Waals surface area contributed by atoms with Crippen LogP contribution in [0.2, 0.25) is 0 Å². The van der Waals surface area contributed by atoms with Crippen LogP contribution in [-0.2, 0) is 4.79 Å². The Kier molecular flexibility index (Phi) is 4.50. The third-order valence-electron chi connectivity index (χ3n) is 5.38. The van der Waals surface area contributed by atoms with E-state index in [2.05, 4.69) is 9.97 Å². The van der Waals surface area contributed by atoms with Gasteiger partial charge in [-0.1, -0.05) is 12.1 Å². The molecule has 2 unspecified atom stereocenters. The minimum Gasteiger partial charge on any atom is -0.497 e. The largest absolute Gasteiger partial charge is 0.497 e. The van der Waals surface area contributed by atoms with Gasteiger partial charge >= 0.3 is 0 Å². The zero-order valence-corrected chi connectivity index (χ0v) is 16.4. The number of imidazole rings is 1. The minimum absolute atomic E-state index is 0.0286. The Morgan fingerprint density at radius 2 is 1.86 bits per heavy atom. The topological polar surface area (TPSA) is 112 Å². The monoisotopic (exact) mass is 394 g/mol. The number of nitrogens with zero attached hydrogens (tertiary/aromatic N) is 2. The van der Waals surface area contributed by atoms with Crippen LogP contribution in [0.1, 0.15) is 18.7 Å². The summed E-state index contributed by atoms with van der Waals surface area (Å²) < 4.78 is 10.7. The van der Waals surface area contributed by atoms with Gasteiger partial charge in [-0.2, -0.15) is 0 Å². The molecule has 3 aromatic rings. The Hall–Kier alpha value is -3.39. The summed E-state index contributed by atoms with van der Waals surface area (Å²) in [4.78, 5) is 22.6. The first-order chi connectivity index (χ1) is 13.9. The number of hydrogen-bond donors (Lipinski definition) is 3. The van der Waals surface area contributed by atoms with Gasteiger partial charge in [0.05, 0.1) is 37.5 Å². The second-order valence-electron chi connectivity index (χ2n) is 7.16. The van der Waals surface area contributed by atoms with Crippen molar-refractivity contribution in [2.75, 3.05) is 25.7 Å². The fraction of sp³-hybridized carbons (Fsp3) is 0.286. The molecule has 8 heteroatoms. The second kappa shape index (κ2) is 6.89. The first-order valence-electron chi connectivity index (χ1n) is 9.14. The van der Waals surface area contributed by atoms with E-state index >= 15 is 0 Å². The molecule has 29 heavy (non-hydrogen) atoms. The number of aromatic amines is 1. The SMILES string of the molecule is COc1cc(OC)cc(N2C(=N)C(c3nc4ccccc4[nH]3)C(=O)C2(C)CO)c1. The molecule has 1 aliphatic rings. The molecule has 8 nitrogen and oxygen atoms in total. The van der Waals surface area contributed by atoms with Gasteiger partial charge in [-0.25, -0.2) is 4.98 Å². The zero-order chi connectivity index (χ0) is 20.8. The van der Waals surface area contributed by atoms with E-state index in [-0.39, 0.29) is 11.6 Å². The summed E-state index contributed by atoms with van der Waals surface area (Å²) in [5, 5.41) is 19.0. The second-order valence-corrected chi connectivity index (χ2v) is 7.16. The van der Waals surface area contributed by atoms with Crippen LogP contribution in [0.15, 0.2) is 42.5 Å². The summed E-state index contributed by atoms with van der Waals surface area (Å²) in [5.41, 5.74) is 0.707. The predicted molar refractivity (Wildman–Crippen MR) is 109 cm³/mol. The van der Waals surface area contributed by atoms with Crippen LogP contribution in [0, 0.1) is 5.41 Å². The van der Waals surface area contributed by atoms with Crippen molar-refractivity contribution in [2.24, 2.45) is 0 Å². The average Bonchev–Trinajstić information content (AvgIpc) is 3.24. The number of aromatic nitrogens is 2. The van der Waals surface area contributed by atoms with Crippen LogP contribution >= 0.6 is 0 Å². The molecule has 1 aromatic heterocycles. The number of nitrogens with one attached hydrogen (secondary N) is 2. The molecule has 2 heterocycles. The summed E-state index contributed by atoms with van der Waals surface area (Å²) in [6.07, 6.45) is 0. The van der Waals surface area contributed by atoms with Crippen LogP contribution in [0.5, 0.6) is 11.5 Å². The molecule has 0 radical (unpaired) electrons. The van der Waals surface area contributed by atoms with Crippen molar-refractivity contribution >= 4 is 28.3 Å². The third-order valence-corrected chi connectivity index (χ3v) is 5.38. The van der Waals surface area contributed by atoms with Crippen molar-refractivity contribution in [3.05, 3.63) is 48.3 Å². The molecule has 0 aliphatic carbocycles. The number of rotatable bonds is 5. The number of benzene rings is 2. The van der Waals surface area contributed by atoms with Gasteiger partial charge in [0.2, 0.25) is 0 Å². The molecule has 150 valence electrons. The highest BCUT2D eigenvalue weighted by Gasteiger charge is 2.55. The van der Waals surface area contributed by atoms with E-state index in [0.29, 0.717) is 23.0 Å². The number of ketones is 1. The van der Waals surface area contributed by atoms with E-state index in [4.69, 9.17) is 14.9 Å². The number of fused-ring (bicyclic) bond motifs is 1.